The Kier molecular flexibility index (Phi) is 6.49. The fourth-order valence-electron chi connectivity index (χ4n) is 4.61. The highest BCUT2D eigenvalue weighted by molar-refractivity contribution is 5.46. The number of piperidine rings is 1. The van der Waals surface area contributed by atoms with Crippen LogP contribution in [0, 0.1) is 5.82 Å². The van der Waals surface area contributed by atoms with Crippen LogP contribution in [-0.4, -0.2) is 46.7 Å². The first-order valence-corrected chi connectivity index (χ1v) is 11.8. The zero-order valence-electron chi connectivity index (χ0n) is 19.3. The van der Waals surface area contributed by atoms with E-state index in [1.165, 1.54) is 12.5 Å². The van der Waals surface area contributed by atoms with Gasteiger partial charge in [0.05, 0.1) is 18.4 Å². The molecule has 0 atom stereocenters. The lowest BCUT2D eigenvalue weighted by Gasteiger charge is -2.32. The molecule has 34 heavy (non-hydrogen) atoms. The number of aromatic nitrogens is 2. The summed E-state index contributed by atoms with van der Waals surface area (Å²) < 4.78 is 25.7. The molecular weight excluding hydrogens is 435 g/mol. The summed E-state index contributed by atoms with van der Waals surface area (Å²) >= 11 is 0. The number of methoxy groups -OCH3 is 1. The predicted octanol–water partition coefficient (Wildman–Crippen LogP) is 4.67. The molecular formula is C26H29FN4O3. The molecule has 1 aromatic heterocycles. The summed E-state index contributed by atoms with van der Waals surface area (Å²) in [5.74, 6) is 1.38. The lowest BCUT2D eigenvalue weighted by Crippen LogP contribution is -2.34. The molecule has 1 N–H and O–H groups in total. The van der Waals surface area contributed by atoms with Crippen molar-refractivity contribution in [2.24, 2.45) is 0 Å². The van der Waals surface area contributed by atoms with Gasteiger partial charge in [-0.05, 0) is 37.5 Å². The van der Waals surface area contributed by atoms with Crippen molar-refractivity contribution in [3.63, 3.8) is 0 Å². The van der Waals surface area contributed by atoms with E-state index in [1.54, 1.807) is 31.4 Å². The molecule has 5 rings (SSSR count). The van der Waals surface area contributed by atoms with Crippen molar-refractivity contribution >= 4 is 5.95 Å². The molecule has 0 unspecified atom stereocenters. The maximum atomic E-state index is 14.4. The lowest BCUT2D eigenvalue weighted by molar-refractivity contribution is 0.234. The normalized spacial score (nSPS) is 16.2. The van der Waals surface area contributed by atoms with E-state index in [-0.39, 0.29) is 11.5 Å². The van der Waals surface area contributed by atoms with Crippen molar-refractivity contribution in [2.75, 3.05) is 31.6 Å². The van der Waals surface area contributed by atoms with Gasteiger partial charge in [0.25, 0.3) is 0 Å². The third-order valence-electron chi connectivity index (χ3n) is 6.47. The second-order valence-electron chi connectivity index (χ2n) is 8.76. The van der Waals surface area contributed by atoms with Gasteiger partial charge in [-0.25, -0.2) is 9.37 Å². The number of aromatic hydroxyl groups is 1. The Morgan fingerprint density at radius 1 is 0.971 bits per heavy atom. The molecule has 0 spiro atoms. The first-order valence-electron chi connectivity index (χ1n) is 11.8. The molecule has 1 fully saturated rings. The highest BCUT2D eigenvalue weighted by Gasteiger charge is 2.27. The molecule has 0 amide bonds. The largest absolute Gasteiger partial charge is 0.504 e. The molecule has 3 heterocycles. The smallest absolute Gasteiger partial charge is 0.229 e. The van der Waals surface area contributed by atoms with Crippen molar-refractivity contribution in [2.45, 2.75) is 38.8 Å². The van der Waals surface area contributed by atoms with E-state index < -0.39 is 5.82 Å². The van der Waals surface area contributed by atoms with Crippen molar-refractivity contribution in [1.82, 2.24) is 14.9 Å². The van der Waals surface area contributed by atoms with Crippen LogP contribution in [0.25, 0.3) is 0 Å². The van der Waals surface area contributed by atoms with Crippen LogP contribution in [0.4, 0.5) is 10.3 Å². The van der Waals surface area contributed by atoms with Crippen LogP contribution in [0.2, 0.25) is 0 Å². The Morgan fingerprint density at radius 2 is 1.76 bits per heavy atom. The maximum absolute atomic E-state index is 14.4. The number of halogens is 1. The summed E-state index contributed by atoms with van der Waals surface area (Å²) in [6.45, 7) is 3.68. The number of ether oxygens (including phenoxy) is 2. The van der Waals surface area contributed by atoms with E-state index in [9.17, 15) is 9.50 Å². The topological polar surface area (TPSA) is 71.0 Å². The minimum atomic E-state index is -0.427. The number of benzene rings is 2. The number of fused-ring (bicyclic) bond motifs is 1. The number of hydrogen-bond donors (Lipinski definition) is 1. The first-order chi connectivity index (χ1) is 16.6. The molecule has 2 aromatic carbocycles. The van der Waals surface area contributed by atoms with Crippen LogP contribution in [0.15, 0.2) is 42.5 Å². The number of rotatable bonds is 6. The number of hydrogen-bond acceptors (Lipinski definition) is 7. The van der Waals surface area contributed by atoms with Gasteiger partial charge in [0.15, 0.2) is 23.1 Å². The number of para-hydroxylation sites is 2. The van der Waals surface area contributed by atoms with E-state index >= 15 is 0 Å². The molecule has 0 aliphatic carbocycles. The van der Waals surface area contributed by atoms with E-state index in [1.807, 2.05) is 12.1 Å². The first kappa shape index (κ1) is 22.4. The van der Waals surface area contributed by atoms with Crippen molar-refractivity contribution in [1.29, 1.82) is 0 Å². The number of anilines is 1. The van der Waals surface area contributed by atoms with Crippen molar-refractivity contribution in [3.05, 3.63) is 65.1 Å². The summed E-state index contributed by atoms with van der Waals surface area (Å²) in [6.07, 6.45) is 4.16. The quantitative estimate of drug-likeness (QED) is 0.568. The molecule has 8 heteroatoms. The second-order valence-corrected chi connectivity index (χ2v) is 8.76. The van der Waals surface area contributed by atoms with Crippen LogP contribution in [-0.2, 0) is 19.5 Å². The summed E-state index contributed by atoms with van der Waals surface area (Å²) in [4.78, 5) is 14.1. The molecule has 178 valence electrons. The Morgan fingerprint density at radius 3 is 2.56 bits per heavy atom. The van der Waals surface area contributed by atoms with Gasteiger partial charge < -0.3 is 19.5 Å². The van der Waals surface area contributed by atoms with Crippen LogP contribution in [0.1, 0.15) is 36.1 Å². The third-order valence-corrected chi connectivity index (χ3v) is 6.47. The number of phenols is 1. The highest BCUT2D eigenvalue weighted by Crippen LogP contribution is 2.35. The van der Waals surface area contributed by atoms with Crippen LogP contribution in [0.3, 0.4) is 0 Å². The molecule has 0 saturated carbocycles. The van der Waals surface area contributed by atoms with Gasteiger partial charge in [-0.2, -0.15) is 4.98 Å². The van der Waals surface area contributed by atoms with Crippen LogP contribution >= 0.6 is 0 Å². The summed E-state index contributed by atoms with van der Waals surface area (Å²) in [5, 5.41) is 10.5. The van der Waals surface area contributed by atoms with Gasteiger partial charge in [0.2, 0.25) is 11.8 Å². The van der Waals surface area contributed by atoms with Crippen LogP contribution < -0.4 is 14.4 Å². The zero-order valence-corrected chi connectivity index (χ0v) is 19.3. The Labute approximate surface area is 198 Å². The lowest BCUT2D eigenvalue weighted by atomic mass is 10.0. The summed E-state index contributed by atoms with van der Waals surface area (Å²) in [5.41, 5.74) is 2.58. The molecule has 1 saturated heterocycles. The van der Waals surface area contributed by atoms with E-state index in [0.717, 1.165) is 55.7 Å². The minimum Gasteiger partial charge on any atom is -0.504 e. The Bertz CT molecular complexity index is 1170. The Balaban J connectivity index is 1.46. The van der Waals surface area contributed by atoms with Gasteiger partial charge >= 0.3 is 0 Å². The number of nitrogens with zero attached hydrogens (tertiary/aromatic N) is 4. The minimum absolute atomic E-state index is 0.148. The molecule has 0 bridgehead atoms. The van der Waals surface area contributed by atoms with Gasteiger partial charge in [-0.3, -0.25) is 4.90 Å². The van der Waals surface area contributed by atoms with Gasteiger partial charge in [0, 0.05) is 44.7 Å². The third kappa shape index (κ3) is 4.63. The van der Waals surface area contributed by atoms with E-state index in [0.29, 0.717) is 30.7 Å². The standard InChI is InChI=1S/C26H29FN4O3/c1-33-23-11-7-8-18(24(23)32)16-30-15-12-21-19(17-30)25(34-22-10-4-3-9-20(22)27)29-26(28-21)31-13-5-2-6-14-31/h3-4,7-11,32H,2,5-6,12-17H2,1H3. The molecule has 7 nitrogen and oxygen atoms in total. The highest BCUT2D eigenvalue weighted by atomic mass is 19.1. The predicted molar refractivity (Wildman–Crippen MR) is 127 cm³/mol. The number of phenolic OH excluding ortho intramolecular Hbond substituents is 1. The average Bonchev–Trinajstić information content (AvgIpc) is 2.87. The summed E-state index contributed by atoms with van der Waals surface area (Å²) in [7, 11) is 1.54. The summed E-state index contributed by atoms with van der Waals surface area (Å²) in [6, 6.07) is 11.9. The molecule has 0 radical (unpaired) electrons. The molecule has 2 aliphatic rings. The fraction of sp³-hybridized carbons (Fsp3) is 0.385. The van der Waals surface area contributed by atoms with Gasteiger partial charge in [0.1, 0.15) is 0 Å². The monoisotopic (exact) mass is 464 g/mol. The Hall–Kier alpha value is -3.39. The van der Waals surface area contributed by atoms with Crippen LogP contribution in [0.5, 0.6) is 23.1 Å². The SMILES string of the molecule is COc1cccc(CN2CCc3nc(N4CCCCC4)nc(Oc4ccccc4F)c3C2)c1O. The molecule has 3 aromatic rings. The van der Waals surface area contributed by atoms with Gasteiger partial charge in [-0.1, -0.05) is 24.3 Å². The second kappa shape index (κ2) is 9.85. The van der Waals surface area contributed by atoms with E-state index in [4.69, 9.17) is 19.4 Å². The fourth-order valence-corrected chi connectivity index (χ4v) is 4.61. The average molecular weight is 465 g/mol. The maximum Gasteiger partial charge on any atom is 0.229 e. The van der Waals surface area contributed by atoms with Gasteiger partial charge in [-0.15, -0.1) is 0 Å². The van der Waals surface area contributed by atoms with Crippen molar-refractivity contribution < 1.29 is 19.0 Å². The zero-order chi connectivity index (χ0) is 23.5. The van der Waals surface area contributed by atoms with Crippen molar-refractivity contribution in [3.8, 4) is 23.1 Å². The molecule has 2 aliphatic heterocycles. The van der Waals surface area contributed by atoms with E-state index in [2.05, 4.69) is 9.80 Å².